The zero-order chi connectivity index (χ0) is 29.4. The summed E-state index contributed by atoms with van der Waals surface area (Å²) in [6.07, 6.45) is 4.21. The first kappa shape index (κ1) is 27.4. The first-order valence-electron chi connectivity index (χ1n) is 13.5. The lowest BCUT2D eigenvalue weighted by atomic mass is 10.1. The van der Waals surface area contributed by atoms with Gasteiger partial charge in [-0.15, -0.1) is 11.3 Å². The third-order valence-corrected chi connectivity index (χ3v) is 8.17. The highest BCUT2D eigenvalue weighted by atomic mass is 32.1. The van der Waals surface area contributed by atoms with Crippen molar-refractivity contribution < 1.29 is 19.4 Å². The maximum Gasteiger partial charge on any atom is 0.349 e. The number of para-hydroxylation sites is 1. The number of nitrogens with zero attached hydrogens (tertiary/aromatic N) is 5. The normalized spacial score (nSPS) is 15.3. The predicted octanol–water partition coefficient (Wildman–Crippen LogP) is 4.57. The van der Waals surface area contributed by atoms with E-state index in [0.29, 0.717) is 42.7 Å². The van der Waals surface area contributed by atoms with Crippen LogP contribution in [-0.4, -0.2) is 72.4 Å². The van der Waals surface area contributed by atoms with E-state index in [1.54, 1.807) is 22.3 Å². The van der Waals surface area contributed by atoms with Crippen LogP contribution >= 0.6 is 11.3 Å². The van der Waals surface area contributed by atoms with Crippen molar-refractivity contribution in [2.75, 3.05) is 30.3 Å². The van der Waals surface area contributed by atoms with Crippen molar-refractivity contribution in [2.24, 2.45) is 7.05 Å². The van der Waals surface area contributed by atoms with Crippen LogP contribution in [0.25, 0.3) is 22.2 Å². The number of nitrogens with one attached hydrogen (secondary N) is 3. The summed E-state index contributed by atoms with van der Waals surface area (Å²) in [5.41, 5.74) is 5.08. The molecule has 4 N–H and O–H groups in total. The van der Waals surface area contributed by atoms with Gasteiger partial charge in [0.15, 0.2) is 10.7 Å². The van der Waals surface area contributed by atoms with Gasteiger partial charge in [0, 0.05) is 55.2 Å². The van der Waals surface area contributed by atoms with Crippen LogP contribution in [0.4, 0.5) is 17.5 Å². The summed E-state index contributed by atoms with van der Waals surface area (Å²) in [5, 5.41) is 22.6. The maximum atomic E-state index is 13.0. The van der Waals surface area contributed by atoms with Crippen LogP contribution in [0.15, 0.2) is 48.1 Å². The first-order valence-corrected chi connectivity index (χ1v) is 14.3. The van der Waals surface area contributed by atoms with Crippen LogP contribution < -0.4 is 15.4 Å². The van der Waals surface area contributed by atoms with E-state index in [-0.39, 0.29) is 23.4 Å². The molecule has 1 fully saturated rings. The molecule has 1 saturated heterocycles. The quantitative estimate of drug-likeness (QED) is 0.195. The molecule has 0 bridgehead atoms. The number of amides is 1. The number of anilines is 3. The summed E-state index contributed by atoms with van der Waals surface area (Å²) in [6, 6.07) is 9.37. The number of likely N-dealkylation sites (tertiary alicyclic amines) is 1. The van der Waals surface area contributed by atoms with Crippen molar-refractivity contribution >= 4 is 51.6 Å². The minimum atomic E-state index is -0.998. The molecule has 1 aromatic carbocycles. The molecule has 1 aliphatic heterocycles. The minimum Gasteiger partial charge on any atom is -0.487 e. The number of ether oxygens (including phenoxy) is 1. The number of aromatic carboxylic acids is 1. The second-order valence-corrected chi connectivity index (χ2v) is 11.2. The largest absolute Gasteiger partial charge is 0.487 e. The topological polar surface area (TPSA) is 150 Å². The Labute approximate surface area is 245 Å². The van der Waals surface area contributed by atoms with Gasteiger partial charge < -0.3 is 25.5 Å². The molecule has 5 aromatic rings. The van der Waals surface area contributed by atoms with E-state index in [4.69, 9.17) is 9.72 Å². The molecule has 1 amide bonds. The third kappa shape index (κ3) is 5.56. The zero-order valence-electron chi connectivity index (χ0n) is 23.3. The van der Waals surface area contributed by atoms with Crippen molar-refractivity contribution in [1.29, 1.82) is 0 Å². The summed E-state index contributed by atoms with van der Waals surface area (Å²) in [4.78, 5) is 39.1. The Morgan fingerprint density at radius 2 is 2.12 bits per heavy atom. The number of carboxylic acids is 1. The molecule has 216 valence electrons. The SMILES string of the molecule is Cc1cnc(Nc2cc(C)n(C)n2)nc1-c1c[nH]c2c(NC(=O)CN3CC[C@H](Oc4ccsc4C(=O)O)C3)cccc12. The van der Waals surface area contributed by atoms with Crippen LogP contribution in [-0.2, 0) is 11.8 Å². The highest BCUT2D eigenvalue weighted by Crippen LogP contribution is 2.34. The van der Waals surface area contributed by atoms with Gasteiger partial charge in [-0.2, -0.15) is 5.10 Å². The average molecular weight is 587 g/mol. The molecule has 5 heterocycles. The second-order valence-electron chi connectivity index (χ2n) is 10.3. The fourth-order valence-corrected chi connectivity index (χ4v) is 5.78. The molecule has 1 aliphatic rings. The number of carbonyl (C=O) groups excluding carboxylic acids is 1. The summed E-state index contributed by atoms with van der Waals surface area (Å²) < 4.78 is 7.71. The van der Waals surface area contributed by atoms with Crippen molar-refractivity contribution in [1.82, 2.24) is 29.6 Å². The van der Waals surface area contributed by atoms with Gasteiger partial charge in [-0.25, -0.2) is 14.8 Å². The van der Waals surface area contributed by atoms with E-state index >= 15 is 0 Å². The van der Waals surface area contributed by atoms with E-state index in [2.05, 4.69) is 25.7 Å². The van der Waals surface area contributed by atoms with Gasteiger partial charge in [-0.1, -0.05) is 12.1 Å². The number of H-pyrrole nitrogens is 1. The van der Waals surface area contributed by atoms with E-state index in [1.807, 2.05) is 56.3 Å². The van der Waals surface area contributed by atoms with Crippen LogP contribution in [0.5, 0.6) is 5.75 Å². The number of aromatic amines is 1. The Morgan fingerprint density at radius 1 is 1.26 bits per heavy atom. The predicted molar refractivity (Wildman–Crippen MR) is 161 cm³/mol. The molecule has 13 heteroatoms. The summed E-state index contributed by atoms with van der Waals surface area (Å²) in [7, 11) is 1.88. The van der Waals surface area contributed by atoms with Crippen LogP contribution in [0.2, 0.25) is 0 Å². The number of aromatic nitrogens is 5. The molecular formula is C29H30N8O4S. The standard InChI is InChI=1S/C29H30N8O4S/c1-16-12-31-29(33-23-11-17(2)36(3)35-23)34-25(16)20-13-30-26-19(20)5-4-6-21(26)32-24(38)15-37-9-7-18(14-37)41-22-8-10-42-27(22)28(39)40/h4-6,8,10-13,18,30H,7,9,14-15H2,1-3H3,(H,32,38)(H,39,40)(H,31,33,34,35)/t18-/m0/s1. The lowest BCUT2D eigenvalue weighted by Gasteiger charge is -2.17. The van der Waals surface area contributed by atoms with Crippen LogP contribution in [0, 0.1) is 13.8 Å². The molecule has 0 unspecified atom stereocenters. The highest BCUT2D eigenvalue weighted by Gasteiger charge is 2.27. The van der Waals surface area contributed by atoms with Crippen LogP contribution in [0.1, 0.15) is 27.3 Å². The van der Waals surface area contributed by atoms with Gasteiger partial charge in [-0.05, 0) is 43.3 Å². The van der Waals surface area contributed by atoms with Crippen molar-refractivity contribution in [3.63, 3.8) is 0 Å². The van der Waals surface area contributed by atoms with Crippen LogP contribution in [0.3, 0.4) is 0 Å². The molecule has 0 saturated carbocycles. The Balaban J connectivity index is 1.14. The highest BCUT2D eigenvalue weighted by molar-refractivity contribution is 7.12. The number of thiophene rings is 1. The fraction of sp³-hybridized carbons (Fsp3) is 0.276. The van der Waals surface area contributed by atoms with E-state index in [9.17, 15) is 14.7 Å². The monoisotopic (exact) mass is 586 g/mol. The molecule has 0 aliphatic carbocycles. The zero-order valence-corrected chi connectivity index (χ0v) is 24.2. The average Bonchev–Trinajstić information content (AvgIpc) is 3.74. The van der Waals surface area contributed by atoms with Crippen molar-refractivity contribution in [3.8, 4) is 17.0 Å². The third-order valence-electron chi connectivity index (χ3n) is 7.28. The van der Waals surface area contributed by atoms with Gasteiger partial charge in [-0.3, -0.25) is 14.4 Å². The number of fused-ring (bicyclic) bond motifs is 1. The molecule has 12 nitrogen and oxygen atoms in total. The Kier molecular flexibility index (Phi) is 7.35. The van der Waals surface area contributed by atoms with Gasteiger partial charge in [0.1, 0.15) is 11.9 Å². The second kappa shape index (κ2) is 11.3. The lowest BCUT2D eigenvalue weighted by Crippen LogP contribution is -2.33. The molecule has 1 atom stereocenters. The van der Waals surface area contributed by atoms with Gasteiger partial charge in [0.25, 0.3) is 0 Å². The van der Waals surface area contributed by atoms with Gasteiger partial charge in [0.05, 0.1) is 23.4 Å². The van der Waals surface area contributed by atoms with E-state index in [1.165, 1.54) is 0 Å². The van der Waals surface area contributed by atoms with E-state index in [0.717, 1.165) is 44.8 Å². The summed E-state index contributed by atoms with van der Waals surface area (Å²) in [5.74, 6) is 0.352. The molecule has 0 radical (unpaired) electrons. The van der Waals surface area contributed by atoms with Crippen molar-refractivity contribution in [2.45, 2.75) is 26.4 Å². The number of carboxylic acid groups (broad SMARTS) is 1. The molecule has 4 aromatic heterocycles. The Morgan fingerprint density at radius 3 is 2.90 bits per heavy atom. The first-order chi connectivity index (χ1) is 20.2. The number of rotatable bonds is 9. The summed E-state index contributed by atoms with van der Waals surface area (Å²) in [6.45, 7) is 5.36. The Hall–Kier alpha value is -4.75. The lowest BCUT2D eigenvalue weighted by molar-refractivity contribution is -0.117. The summed E-state index contributed by atoms with van der Waals surface area (Å²) >= 11 is 1.14. The maximum absolute atomic E-state index is 13.0. The molecule has 6 rings (SSSR count). The minimum absolute atomic E-state index is 0.142. The smallest absolute Gasteiger partial charge is 0.349 e. The van der Waals surface area contributed by atoms with E-state index < -0.39 is 5.97 Å². The number of hydrogen-bond donors (Lipinski definition) is 4. The molecule has 0 spiro atoms. The molecular weight excluding hydrogens is 556 g/mol. The molecule has 42 heavy (non-hydrogen) atoms. The number of aryl methyl sites for hydroxylation is 3. The van der Waals surface area contributed by atoms with Gasteiger partial charge >= 0.3 is 5.97 Å². The van der Waals surface area contributed by atoms with Gasteiger partial charge in [0.2, 0.25) is 11.9 Å². The number of hydrogen-bond acceptors (Lipinski definition) is 9. The number of benzene rings is 1. The van der Waals surface area contributed by atoms with Crippen molar-refractivity contribution in [3.05, 3.63) is 64.2 Å². The number of carbonyl (C=O) groups is 2. The fourth-order valence-electron chi connectivity index (χ4n) is 5.12. The Bertz CT molecular complexity index is 1770.